The maximum atomic E-state index is 14.0. The molecule has 1 aromatic heterocycles. The lowest BCUT2D eigenvalue weighted by Gasteiger charge is -2.41. The lowest BCUT2D eigenvalue weighted by Crippen LogP contribution is -2.64. The minimum absolute atomic E-state index is 0.0190. The van der Waals surface area contributed by atoms with Crippen LogP contribution in [0.15, 0.2) is 12.5 Å². The van der Waals surface area contributed by atoms with Crippen LogP contribution in [-0.4, -0.2) is 178 Å². The fourth-order valence-electron chi connectivity index (χ4n) is 6.72. The number of carbonyl (C=O) groups excluding carboxylic acids is 5. The highest BCUT2D eigenvalue weighted by atomic mass is 16.7. The molecule has 0 unspecified atom stereocenters. The molecule has 0 aromatic carbocycles. The molecule has 3 heterocycles. The van der Waals surface area contributed by atoms with Gasteiger partial charge in [-0.15, -0.1) is 0 Å². The van der Waals surface area contributed by atoms with Gasteiger partial charge in [-0.1, -0.05) is 27.7 Å². The van der Waals surface area contributed by atoms with Crippen LogP contribution in [0.25, 0.3) is 0 Å². The topological polar surface area (TPSA) is 372 Å². The molecule has 13 N–H and O–H groups in total. The molecule has 2 aliphatic rings. The number of H-pyrrole nitrogens is 1. The minimum Gasteiger partial charge on any atom is -0.481 e. The summed E-state index contributed by atoms with van der Waals surface area (Å²) in [5.41, 5.74) is 2.89. The van der Waals surface area contributed by atoms with Gasteiger partial charge in [-0.05, 0) is 44.4 Å². The maximum absolute atomic E-state index is 14.0. The minimum atomic E-state index is -2.45. The monoisotopic (exact) mass is 872 g/mol. The number of aromatic nitrogens is 2. The van der Waals surface area contributed by atoms with Gasteiger partial charge >= 0.3 is 11.9 Å². The Morgan fingerprint density at radius 3 is 2.16 bits per heavy atom. The number of ether oxygens (including phenoxy) is 1. The number of aliphatic carboxylic acids is 2. The molecule has 2 saturated heterocycles. The number of hydrogen-bond donors (Lipinski definition) is 13. The number of carboxylic acids is 2. The number of carboxylic acid groups (broad SMARTS) is 2. The van der Waals surface area contributed by atoms with Gasteiger partial charge in [0.25, 0.3) is 0 Å². The number of aliphatic hydroxyl groups is 5. The van der Waals surface area contributed by atoms with E-state index in [2.05, 4.69) is 36.7 Å². The van der Waals surface area contributed by atoms with Crippen LogP contribution in [0.4, 0.5) is 0 Å². The zero-order valence-corrected chi connectivity index (χ0v) is 34.6. The zero-order chi connectivity index (χ0) is 45.8. The Kier molecular flexibility index (Phi) is 18.9. The normalized spacial score (nSPS) is 24.6. The summed E-state index contributed by atoms with van der Waals surface area (Å²) in [5, 5.41) is 79.8. The average molecular weight is 873 g/mol. The number of rotatable bonds is 23. The first-order valence-corrected chi connectivity index (χ1v) is 20.0. The Labute approximate surface area is 351 Å². The van der Waals surface area contributed by atoms with Crippen LogP contribution in [0.5, 0.6) is 0 Å². The molecule has 2 aliphatic heterocycles. The molecule has 3 rings (SSSR count). The molecule has 24 nitrogen and oxygen atoms in total. The van der Waals surface area contributed by atoms with Crippen LogP contribution in [0, 0.1) is 11.8 Å². The Morgan fingerprint density at radius 1 is 0.934 bits per heavy atom. The van der Waals surface area contributed by atoms with Gasteiger partial charge in [0, 0.05) is 31.3 Å². The van der Waals surface area contributed by atoms with E-state index in [1.165, 1.54) is 19.4 Å². The van der Waals surface area contributed by atoms with Gasteiger partial charge in [0.15, 0.2) is 0 Å². The number of nitrogens with zero attached hydrogens (tertiary/aromatic N) is 2. The number of aromatic amines is 1. The largest absolute Gasteiger partial charge is 0.481 e. The third-order valence-corrected chi connectivity index (χ3v) is 10.2. The lowest BCUT2D eigenvalue weighted by atomic mass is 9.97. The summed E-state index contributed by atoms with van der Waals surface area (Å²) >= 11 is 0. The molecule has 61 heavy (non-hydrogen) atoms. The third-order valence-electron chi connectivity index (χ3n) is 10.2. The van der Waals surface area contributed by atoms with Crippen LogP contribution in [0.1, 0.15) is 72.4 Å². The molecular formula is C37H60N8O16. The Balaban J connectivity index is 1.76. The Hall–Kier alpha value is -4.82. The second-order valence-electron chi connectivity index (χ2n) is 16.1. The summed E-state index contributed by atoms with van der Waals surface area (Å²) in [6, 6.07) is -8.24. The summed E-state index contributed by atoms with van der Waals surface area (Å²) in [6.07, 6.45) is -4.55. The van der Waals surface area contributed by atoms with E-state index in [1.54, 1.807) is 27.7 Å². The van der Waals surface area contributed by atoms with E-state index in [0.29, 0.717) is 12.1 Å². The van der Waals surface area contributed by atoms with E-state index in [1.807, 2.05) is 0 Å². The molecule has 0 aliphatic carbocycles. The van der Waals surface area contributed by atoms with Crippen molar-refractivity contribution in [2.75, 3.05) is 19.8 Å². The van der Waals surface area contributed by atoms with Crippen molar-refractivity contribution in [3.05, 3.63) is 18.2 Å². The zero-order valence-electron chi connectivity index (χ0n) is 34.6. The average Bonchev–Trinajstić information content (AvgIpc) is 3.89. The molecule has 11 atom stereocenters. The second kappa shape index (κ2) is 22.9. The lowest BCUT2D eigenvalue weighted by molar-refractivity contribution is -0.339. The molecule has 344 valence electrons. The highest BCUT2D eigenvalue weighted by Gasteiger charge is 2.49. The van der Waals surface area contributed by atoms with E-state index >= 15 is 0 Å². The van der Waals surface area contributed by atoms with Crippen molar-refractivity contribution in [2.45, 2.75) is 140 Å². The fourth-order valence-corrected chi connectivity index (χ4v) is 6.72. The predicted molar refractivity (Wildman–Crippen MR) is 207 cm³/mol. The van der Waals surface area contributed by atoms with Gasteiger partial charge in [0.05, 0.1) is 19.0 Å². The number of carbonyl (C=O) groups is 7. The number of hydrogen-bond acceptors (Lipinski definition) is 16. The Bertz CT molecular complexity index is 1660. The van der Waals surface area contributed by atoms with Crippen LogP contribution < -0.4 is 26.7 Å². The summed E-state index contributed by atoms with van der Waals surface area (Å²) in [5.74, 6) is -10.1. The SMILES string of the molecule is CC(C)C[C@H](NC(=O)[C@H](Cc1cnc[nH]1)NC(=O)[C@@H](NOC[C@@]1(O)OC[C@@H](O)[C@@H](O)[C@@H]1O)C(C)C)C(=O)N[C@H](C(=O)N1CCC[C@H]1C(=O)N[C@@H](CCC(=O)O)C(=O)O)[C@@H](C)O. The molecule has 0 spiro atoms. The van der Waals surface area contributed by atoms with Crippen molar-refractivity contribution >= 4 is 41.5 Å². The van der Waals surface area contributed by atoms with E-state index in [9.17, 15) is 64.2 Å². The smallest absolute Gasteiger partial charge is 0.326 e. The van der Waals surface area contributed by atoms with Crippen molar-refractivity contribution in [3.8, 4) is 0 Å². The summed E-state index contributed by atoms with van der Waals surface area (Å²) in [7, 11) is 0. The number of aliphatic hydroxyl groups excluding tert-OH is 4. The van der Waals surface area contributed by atoms with E-state index < -0.39 is 140 Å². The van der Waals surface area contributed by atoms with Gasteiger partial charge in [-0.3, -0.25) is 33.6 Å². The van der Waals surface area contributed by atoms with Crippen LogP contribution in [0.3, 0.4) is 0 Å². The van der Waals surface area contributed by atoms with Crippen molar-refractivity contribution in [3.63, 3.8) is 0 Å². The molecule has 24 heteroatoms. The van der Waals surface area contributed by atoms with E-state index in [0.717, 1.165) is 4.90 Å². The van der Waals surface area contributed by atoms with Gasteiger partial charge in [-0.2, -0.15) is 5.48 Å². The maximum Gasteiger partial charge on any atom is 0.326 e. The first-order chi connectivity index (χ1) is 28.6. The summed E-state index contributed by atoms with van der Waals surface area (Å²) in [6.45, 7) is 6.74. The van der Waals surface area contributed by atoms with Crippen molar-refractivity contribution < 1.29 is 78.9 Å². The number of likely N-dealkylation sites (tertiary alicyclic amines) is 1. The highest BCUT2D eigenvalue weighted by Crippen LogP contribution is 2.24. The molecule has 2 fully saturated rings. The molecular weight excluding hydrogens is 812 g/mol. The number of imidazole rings is 1. The summed E-state index contributed by atoms with van der Waals surface area (Å²) in [4.78, 5) is 105. The van der Waals surface area contributed by atoms with E-state index in [-0.39, 0.29) is 31.7 Å². The number of nitrogens with one attached hydrogen (secondary N) is 6. The molecule has 5 amide bonds. The summed E-state index contributed by atoms with van der Waals surface area (Å²) < 4.78 is 5.08. The van der Waals surface area contributed by atoms with Crippen molar-refractivity contribution in [2.24, 2.45) is 11.8 Å². The molecule has 0 bridgehead atoms. The predicted octanol–water partition coefficient (Wildman–Crippen LogP) is -4.39. The van der Waals surface area contributed by atoms with Crippen LogP contribution in [-0.2, 0) is 49.6 Å². The van der Waals surface area contributed by atoms with E-state index in [4.69, 9.17) is 14.7 Å². The fraction of sp³-hybridized carbons (Fsp3) is 0.730. The van der Waals surface area contributed by atoms with Gasteiger partial charge in [0.2, 0.25) is 35.3 Å². The standard InChI is InChI=1S/C37H60N8O16/c1-17(2)11-22(32(53)43-28(19(5)46)35(56)45-10-6-7-24(45)33(54)40-21(36(57)58)8-9-26(48)49)41-31(52)23(12-20-13-38-16-39-20)42-34(55)27(18(3)4)44-61-15-37(59)30(51)29(50)25(47)14-60-37/h13,16-19,21-25,27-30,44,46-47,50-51,59H,6-12,14-15H2,1-5H3,(H,38,39)(H,40,54)(H,41,52)(H,42,55)(H,43,53)(H,48,49)(H,57,58)/t19-,21+,22+,23+,24+,25-,27+,28+,29-,30+,37-/m1/s1. The quantitative estimate of drug-likeness (QED) is 0.0462. The van der Waals surface area contributed by atoms with Crippen LogP contribution in [0.2, 0.25) is 0 Å². The Morgan fingerprint density at radius 2 is 1.59 bits per heavy atom. The number of amides is 5. The van der Waals surface area contributed by atoms with Crippen LogP contribution >= 0.6 is 0 Å². The number of hydroxylamine groups is 1. The highest BCUT2D eigenvalue weighted by molar-refractivity contribution is 5.97. The van der Waals surface area contributed by atoms with Gasteiger partial charge < -0.3 is 71.6 Å². The second-order valence-corrected chi connectivity index (χ2v) is 16.1. The van der Waals surface area contributed by atoms with Gasteiger partial charge in [-0.25, -0.2) is 9.78 Å². The first-order valence-electron chi connectivity index (χ1n) is 20.0. The molecule has 0 saturated carbocycles. The van der Waals surface area contributed by atoms with Crippen molar-refractivity contribution in [1.29, 1.82) is 0 Å². The first kappa shape index (κ1) is 50.5. The third kappa shape index (κ3) is 14.4. The van der Waals surface area contributed by atoms with Gasteiger partial charge in [0.1, 0.15) is 61.2 Å². The molecule has 0 radical (unpaired) electrons. The van der Waals surface area contributed by atoms with Crippen molar-refractivity contribution in [1.82, 2.24) is 41.6 Å². The molecule has 1 aromatic rings.